The molecule has 2 aromatic rings. The average molecular weight is 282 g/mol. The quantitative estimate of drug-likeness (QED) is 0.865. The highest BCUT2D eigenvalue weighted by Gasteiger charge is 2.07. The van der Waals surface area contributed by atoms with Crippen LogP contribution in [0.1, 0.15) is 13.3 Å². The van der Waals surface area contributed by atoms with E-state index < -0.39 is 0 Å². The Morgan fingerprint density at radius 1 is 1.38 bits per heavy atom. The van der Waals surface area contributed by atoms with Gasteiger partial charge in [0.15, 0.2) is 0 Å². The van der Waals surface area contributed by atoms with Gasteiger partial charge in [0.2, 0.25) is 0 Å². The van der Waals surface area contributed by atoms with E-state index in [1.54, 1.807) is 10.9 Å². The molecule has 0 saturated carbocycles. The summed E-state index contributed by atoms with van der Waals surface area (Å²) in [4.78, 5) is 12.0. The van der Waals surface area contributed by atoms with Crippen LogP contribution in [0.4, 0.5) is 0 Å². The van der Waals surface area contributed by atoms with Gasteiger partial charge in [-0.2, -0.15) is 5.10 Å². The summed E-state index contributed by atoms with van der Waals surface area (Å²) in [6, 6.07) is 7.58. The molecule has 0 radical (unpaired) electrons. The Kier molecular flexibility index (Phi) is 3.24. The Morgan fingerprint density at radius 2 is 2.12 bits per heavy atom. The Bertz CT molecular complexity index is 544. The van der Waals surface area contributed by atoms with Crippen molar-refractivity contribution in [3.63, 3.8) is 0 Å². The fraction of sp³-hybridized carbons (Fsp3) is 0.273. The highest BCUT2D eigenvalue weighted by molar-refractivity contribution is 9.10. The number of aromatic nitrogens is 3. The molecule has 5 heteroatoms. The number of hydrogen-bond donors (Lipinski definition) is 0. The molecular formula is C11H12BrN3O. The monoisotopic (exact) mass is 281 g/mol. The molecule has 0 aliphatic rings. The van der Waals surface area contributed by atoms with E-state index in [9.17, 15) is 4.79 Å². The summed E-state index contributed by atoms with van der Waals surface area (Å²) in [5.74, 6) is 0. The predicted molar refractivity (Wildman–Crippen MR) is 65.8 cm³/mol. The lowest BCUT2D eigenvalue weighted by atomic mass is 10.3. The van der Waals surface area contributed by atoms with Gasteiger partial charge in [0, 0.05) is 11.0 Å². The van der Waals surface area contributed by atoms with Gasteiger partial charge in [-0.05, 0) is 34.5 Å². The molecule has 1 aromatic carbocycles. The Morgan fingerprint density at radius 3 is 2.81 bits per heavy atom. The highest BCUT2D eigenvalue weighted by atomic mass is 79.9. The number of halogens is 1. The van der Waals surface area contributed by atoms with Gasteiger partial charge in [0.05, 0.1) is 5.69 Å². The fourth-order valence-electron chi connectivity index (χ4n) is 1.51. The molecule has 0 spiro atoms. The summed E-state index contributed by atoms with van der Waals surface area (Å²) in [5.41, 5.74) is 0.712. The summed E-state index contributed by atoms with van der Waals surface area (Å²) >= 11 is 3.42. The first-order valence-corrected chi connectivity index (χ1v) is 5.92. The summed E-state index contributed by atoms with van der Waals surface area (Å²) in [5, 5.41) is 4.07. The molecule has 0 atom stereocenters. The van der Waals surface area contributed by atoms with Crippen molar-refractivity contribution in [2.24, 2.45) is 0 Å². The normalized spacial score (nSPS) is 10.6. The van der Waals surface area contributed by atoms with Gasteiger partial charge in [0.25, 0.3) is 0 Å². The van der Waals surface area contributed by atoms with Crippen molar-refractivity contribution in [1.82, 2.24) is 14.3 Å². The molecule has 1 aromatic heterocycles. The zero-order chi connectivity index (χ0) is 11.5. The lowest BCUT2D eigenvalue weighted by molar-refractivity contribution is 0.578. The fourth-order valence-corrected chi connectivity index (χ4v) is 1.99. The second kappa shape index (κ2) is 4.65. The van der Waals surface area contributed by atoms with Gasteiger partial charge in [-0.3, -0.25) is 0 Å². The van der Waals surface area contributed by atoms with Gasteiger partial charge < -0.3 is 0 Å². The predicted octanol–water partition coefficient (Wildman–Crippen LogP) is 2.21. The molecule has 0 fully saturated rings. The molecule has 0 amide bonds. The minimum Gasteiger partial charge on any atom is -0.248 e. The maximum absolute atomic E-state index is 12.0. The minimum atomic E-state index is -0.103. The first-order chi connectivity index (χ1) is 7.74. The van der Waals surface area contributed by atoms with Crippen molar-refractivity contribution in [3.8, 4) is 5.69 Å². The van der Waals surface area contributed by atoms with Crippen LogP contribution in [-0.2, 0) is 6.54 Å². The zero-order valence-electron chi connectivity index (χ0n) is 8.93. The molecule has 4 nitrogen and oxygen atoms in total. The van der Waals surface area contributed by atoms with E-state index in [4.69, 9.17) is 0 Å². The van der Waals surface area contributed by atoms with Crippen molar-refractivity contribution in [2.45, 2.75) is 19.9 Å². The number of benzene rings is 1. The van der Waals surface area contributed by atoms with Crippen molar-refractivity contribution in [3.05, 3.63) is 45.5 Å². The van der Waals surface area contributed by atoms with Gasteiger partial charge in [-0.15, -0.1) is 0 Å². The van der Waals surface area contributed by atoms with E-state index in [0.717, 1.165) is 16.6 Å². The third-order valence-corrected chi connectivity index (χ3v) is 2.95. The van der Waals surface area contributed by atoms with Crippen LogP contribution in [0, 0.1) is 0 Å². The first kappa shape index (κ1) is 11.1. The maximum atomic E-state index is 12.0. The number of aryl methyl sites for hydroxylation is 1. The molecule has 0 N–H and O–H groups in total. The molecule has 1 heterocycles. The smallest absolute Gasteiger partial charge is 0.248 e. The van der Waals surface area contributed by atoms with Crippen LogP contribution in [0.2, 0.25) is 0 Å². The third-order valence-electron chi connectivity index (χ3n) is 2.28. The molecule has 0 saturated heterocycles. The van der Waals surface area contributed by atoms with Crippen LogP contribution in [-0.4, -0.2) is 14.3 Å². The van der Waals surface area contributed by atoms with Crippen molar-refractivity contribution < 1.29 is 0 Å². The standard InChI is InChI=1S/C11H12BrN3O/c1-2-7-15-11(16)14(8-13-15)10-6-4-3-5-9(10)12/h3-6,8H,2,7H2,1H3. The Balaban J connectivity index is 2.50. The van der Waals surface area contributed by atoms with Crippen LogP contribution >= 0.6 is 15.9 Å². The van der Waals surface area contributed by atoms with E-state index >= 15 is 0 Å². The molecule has 0 aliphatic carbocycles. The van der Waals surface area contributed by atoms with Crippen molar-refractivity contribution in [2.75, 3.05) is 0 Å². The number of rotatable bonds is 3. The Labute approximate surface area is 102 Å². The van der Waals surface area contributed by atoms with Gasteiger partial charge in [0.1, 0.15) is 6.33 Å². The molecule has 84 valence electrons. The lowest BCUT2D eigenvalue weighted by Crippen LogP contribution is -2.23. The van der Waals surface area contributed by atoms with Crippen molar-refractivity contribution >= 4 is 15.9 Å². The van der Waals surface area contributed by atoms with Crippen LogP contribution in [0.5, 0.6) is 0 Å². The zero-order valence-corrected chi connectivity index (χ0v) is 10.5. The molecule has 2 rings (SSSR count). The summed E-state index contributed by atoms with van der Waals surface area (Å²) in [7, 11) is 0. The van der Waals surface area contributed by atoms with Gasteiger partial charge in [-0.25, -0.2) is 14.0 Å². The van der Waals surface area contributed by atoms with E-state index in [1.165, 1.54) is 4.68 Å². The SMILES string of the molecule is CCCn1ncn(-c2ccccc2Br)c1=O. The highest BCUT2D eigenvalue weighted by Crippen LogP contribution is 2.18. The summed E-state index contributed by atoms with van der Waals surface area (Å²) in [6.07, 6.45) is 2.45. The number of para-hydroxylation sites is 1. The third kappa shape index (κ3) is 1.95. The summed E-state index contributed by atoms with van der Waals surface area (Å²) < 4.78 is 3.90. The second-order valence-corrected chi connectivity index (χ2v) is 4.31. The second-order valence-electron chi connectivity index (χ2n) is 3.46. The topological polar surface area (TPSA) is 39.8 Å². The minimum absolute atomic E-state index is 0.103. The number of nitrogens with zero attached hydrogens (tertiary/aromatic N) is 3. The lowest BCUT2D eigenvalue weighted by Gasteiger charge is -2.02. The van der Waals surface area contributed by atoms with Crippen LogP contribution < -0.4 is 5.69 Å². The largest absolute Gasteiger partial charge is 0.350 e. The maximum Gasteiger partial charge on any atom is 0.350 e. The average Bonchev–Trinajstić information content (AvgIpc) is 2.62. The van der Waals surface area contributed by atoms with Crippen molar-refractivity contribution in [1.29, 1.82) is 0 Å². The molecular weight excluding hydrogens is 270 g/mol. The number of hydrogen-bond acceptors (Lipinski definition) is 2. The first-order valence-electron chi connectivity index (χ1n) is 5.13. The van der Waals surface area contributed by atoms with E-state index in [-0.39, 0.29) is 5.69 Å². The molecule has 0 aliphatic heterocycles. The van der Waals surface area contributed by atoms with E-state index in [0.29, 0.717) is 6.54 Å². The molecule has 0 unspecified atom stereocenters. The Hall–Kier alpha value is -1.36. The molecule has 16 heavy (non-hydrogen) atoms. The van der Waals surface area contributed by atoms with Gasteiger partial charge in [-0.1, -0.05) is 19.1 Å². The molecule has 0 bridgehead atoms. The summed E-state index contributed by atoms with van der Waals surface area (Å²) in [6.45, 7) is 2.67. The van der Waals surface area contributed by atoms with E-state index in [2.05, 4.69) is 21.0 Å². The van der Waals surface area contributed by atoms with Crippen LogP contribution in [0.3, 0.4) is 0 Å². The van der Waals surface area contributed by atoms with E-state index in [1.807, 2.05) is 31.2 Å². The van der Waals surface area contributed by atoms with Gasteiger partial charge >= 0.3 is 5.69 Å². The van der Waals surface area contributed by atoms with Crippen LogP contribution in [0.25, 0.3) is 5.69 Å². The van der Waals surface area contributed by atoms with Crippen LogP contribution in [0.15, 0.2) is 39.9 Å².